The minimum absolute atomic E-state index is 0.0122. The zero-order valence-corrected chi connectivity index (χ0v) is 29.4. The Labute approximate surface area is 280 Å². The summed E-state index contributed by atoms with van der Waals surface area (Å²) in [4.78, 5) is 68.3. The van der Waals surface area contributed by atoms with Gasteiger partial charge in [-0.2, -0.15) is 0 Å². The summed E-state index contributed by atoms with van der Waals surface area (Å²) in [7, 11) is -1.46. The molecule has 1 aliphatic heterocycles. The Balaban J connectivity index is 1.47. The first-order valence-corrected chi connectivity index (χ1v) is 17.8. The van der Waals surface area contributed by atoms with Gasteiger partial charge in [0.25, 0.3) is 5.91 Å². The Morgan fingerprint density at radius 3 is 2.19 bits per heavy atom. The lowest BCUT2D eigenvalue weighted by atomic mass is 9.80. The fraction of sp³-hybridized carbons (Fsp3) is 0.676. The zero-order chi connectivity index (χ0) is 34.8. The number of urea groups is 1. The van der Waals surface area contributed by atoms with Crippen molar-refractivity contribution in [2.45, 2.75) is 103 Å². The zero-order valence-electron chi connectivity index (χ0n) is 28.6. The number of ketones is 1. The van der Waals surface area contributed by atoms with Crippen LogP contribution >= 0.6 is 0 Å². The van der Waals surface area contributed by atoms with Crippen LogP contribution in [0.4, 0.5) is 4.79 Å². The van der Waals surface area contributed by atoms with E-state index in [-0.39, 0.29) is 35.6 Å². The summed E-state index contributed by atoms with van der Waals surface area (Å²) in [6.45, 7) is 14.1. The van der Waals surface area contributed by atoms with E-state index in [2.05, 4.69) is 34.5 Å². The van der Waals surface area contributed by atoms with Crippen LogP contribution in [0.25, 0.3) is 0 Å². The molecule has 2 unspecified atom stereocenters. The first kappa shape index (κ1) is 36.5. The van der Waals surface area contributed by atoms with Gasteiger partial charge < -0.3 is 26.6 Å². The molecule has 3 fully saturated rings. The number of carbonyl (C=O) groups is 5. The van der Waals surface area contributed by atoms with Crippen LogP contribution in [0.1, 0.15) is 74.1 Å². The number of primary amides is 1. The van der Waals surface area contributed by atoms with Crippen molar-refractivity contribution in [1.82, 2.24) is 25.6 Å². The Morgan fingerprint density at radius 2 is 1.66 bits per heavy atom. The van der Waals surface area contributed by atoms with E-state index in [0.717, 1.165) is 19.3 Å². The molecule has 1 aromatic carbocycles. The maximum absolute atomic E-state index is 14.3. The second kappa shape index (κ2) is 14.4. The lowest BCUT2D eigenvalue weighted by Crippen LogP contribution is -2.62. The molecule has 0 bridgehead atoms. The van der Waals surface area contributed by atoms with Crippen LogP contribution in [0.5, 0.6) is 0 Å². The van der Waals surface area contributed by atoms with Gasteiger partial charge in [-0.15, -0.1) is 0 Å². The van der Waals surface area contributed by atoms with Gasteiger partial charge in [-0.05, 0) is 53.1 Å². The summed E-state index contributed by atoms with van der Waals surface area (Å²) in [6.07, 6.45) is 3.21. The first-order chi connectivity index (χ1) is 21.9. The molecule has 1 aromatic rings. The van der Waals surface area contributed by atoms with Crippen molar-refractivity contribution in [3.05, 3.63) is 30.3 Å². The van der Waals surface area contributed by atoms with Gasteiger partial charge >= 0.3 is 6.03 Å². The van der Waals surface area contributed by atoms with Crippen LogP contribution in [0.15, 0.2) is 35.2 Å². The third-order valence-corrected chi connectivity index (χ3v) is 11.5. The smallest absolute Gasteiger partial charge is 0.315 e. The maximum Gasteiger partial charge on any atom is 0.315 e. The number of amides is 5. The fourth-order valence-corrected chi connectivity index (χ4v) is 7.84. The van der Waals surface area contributed by atoms with Gasteiger partial charge in [0.2, 0.25) is 17.6 Å². The summed E-state index contributed by atoms with van der Waals surface area (Å²) >= 11 is 0. The Bertz CT molecular complexity index is 1370. The number of rotatable bonds is 14. The van der Waals surface area contributed by atoms with Crippen LogP contribution < -0.4 is 26.4 Å². The SMILES string of the molecule is CC(C)[C@@H](CNS(=O)c1ccccc1)NC(=O)N[C@H](C(=O)N1C[C@H]2[C@@H]([C@H]1C(=O)NC(CC1CCC1)C(=O)C(N)=O)C2(C)C)C(C)(C)C. The molecule has 2 aliphatic carbocycles. The molecular formula is C34H52N6O6S. The van der Waals surface area contributed by atoms with Crippen molar-refractivity contribution in [3.63, 3.8) is 0 Å². The van der Waals surface area contributed by atoms with E-state index in [0.29, 0.717) is 17.9 Å². The second-order valence-electron chi connectivity index (χ2n) is 15.4. The van der Waals surface area contributed by atoms with Crippen LogP contribution in [0, 0.1) is 34.5 Å². The van der Waals surface area contributed by atoms with Crippen molar-refractivity contribution < 1.29 is 28.2 Å². The van der Waals surface area contributed by atoms with Gasteiger partial charge in [-0.3, -0.25) is 19.2 Å². The number of likely N-dealkylation sites (tertiary alicyclic amines) is 1. The quantitative estimate of drug-likeness (QED) is 0.189. The van der Waals surface area contributed by atoms with Crippen LogP contribution in [-0.2, 0) is 30.2 Å². The third kappa shape index (κ3) is 8.40. The van der Waals surface area contributed by atoms with Gasteiger partial charge in [0.15, 0.2) is 0 Å². The van der Waals surface area contributed by atoms with Crippen LogP contribution in [0.3, 0.4) is 0 Å². The maximum atomic E-state index is 14.3. The summed E-state index contributed by atoms with van der Waals surface area (Å²) in [5.74, 6) is -2.63. The predicted octanol–water partition coefficient (Wildman–Crippen LogP) is 2.25. The van der Waals surface area contributed by atoms with E-state index in [9.17, 15) is 28.2 Å². The number of carbonyl (C=O) groups excluding carboxylic acids is 5. The van der Waals surface area contributed by atoms with E-state index in [1.165, 1.54) is 4.90 Å². The molecule has 12 nitrogen and oxygen atoms in total. The van der Waals surface area contributed by atoms with E-state index in [4.69, 9.17) is 5.73 Å². The van der Waals surface area contributed by atoms with E-state index in [1.54, 1.807) is 24.3 Å². The molecule has 3 aliphatic rings. The topological polar surface area (TPSA) is 180 Å². The molecule has 47 heavy (non-hydrogen) atoms. The summed E-state index contributed by atoms with van der Waals surface area (Å²) in [5, 5.41) is 8.60. The summed E-state index contributed by atoms with van der Waals surface area (Å²) in [6, 6.07) is 5.14. The molecule has 0 spiro atoms. The van der Waals surface area contributed by atoms with Crippen molar-refractivity contribution in [3.8, 4) is 0 Å². The number of nitrogens with one attached hydrogen (secondary N) is 4. The van der Waals surface area contributed by atoms with E-state index < -0.39 is 70.1 Å². The molecule has 1 heterocycles. The fourth-order valence-electron chi connectivity index (χ4n) is 6.94. The highest BCUT2D eigenvalue weighted by atomic mass is 32.2. The molecule has 4 rings (SSSR count). The number of hydrogen-bond acceptors (Lipinski definition) is 6. The van der Waals surface area contributed by atoms with Crippen molar-refractivity contribution in [2.75, 3.05) is 13.1 Å². The minimum atomic E-state index is -1.46. The predicted molar refractivity (Wildman–Crippen MR) is 179 cm³/mol. The monoisotopic (exact) mass is 672 g/mol. The number of nitrogens with two attached hydrogens (primary N) is 1. The highest BCUT2D eigenvalue weighted by molar-refractivity contribution is 7.83. The van der Waals surface area contributed by atoms with E-state index >= 15 is 0 Å². The standard InChI is InChI=1S/C34H52N6O6S/c1-19(2)24(17-36-47(46)21-14-9-8-10-15-21)38-32(45)39-28(33(3,4)5)31(44)40-18-22-25(34(22,6)7)26(40)30(43)37-23(27(41)29(35)42)16-20-12-11-13-20/h8-10,14-15,19-20,22-26,28,36H,11-13,16-18H2,1-7H3,(H2,35,42)(H,37,43)(H2,38,39,45)/t22-,23?,24+,25-,26-,28+,47?/m0/s1. The molecule has 7 atom stereocenters. The van der Waals surface area contributed by atoms with Crippen molar-refractivity contribution in [1.29, 1.82) is 0 Å². The highest BCUT2D eigenvalue weighted by Crippen LogP contribution is 2.65. The average Bonchev–Trinajstić information content (AvgIpc) is 3.29. The second-order valence-corrected chi connectivity index (χ2v) is 16.7. The molecule has 260 valence electrons. The number of Topliss-reactive ketones (excluding diaryl/α,β-unsaturated/α-hetero) is 1. The highest BCUT2D eigenvalue weighted by Gasteiger charge is 2.70. The molecule has 1 saturated heterocycles. The lowest BCUT2D eigenvalue weighted by Gasteiger charge is -2.38. The molecule has 2 saturated carbocycles. The number of nitrogens with zero attached hydrogens (tertiary/aromatic N) is 1. The Kier molecular flexibility index (Phi) is 11.2. The summed E-state index contributed by atoms with van der Waals surface area (Å²) < 4.78 is 15.7. The molecule has 5 amide bonds. The molecule has 0 radical (unpaired) electrons. The molecule has 6 N–H and O–H groups in total. The molecule has 13 heteroatoms. The van der Waals surface area contributed by atoms with Crippen molar-refractivity contribution in [2.24, 2.45) is 40.2 Å². The number of fused-ring (bicyclic) bond motifs is 1. The number of piperidine rings is 1. The van der Waals surface area contributed by atoms with Gasteiger partial charge in [0, 0.05) is 19.1 Å². The number of hydrogen-bond donors (Lipinski definition) is 5. The van der Waals surface area contributed by atoms with Gasteiger partial charge in [0.05, 0.1) is 10.9 Å². The van der Waals surface area contributed by atoms with Gasteiger partial charge in [-0.25, -0.2) is 13.7 Å². The third-order valence-electron chi connectivity index (χ3n) is 10.3. The molecular weight excluding hydrogens is 620 g/mol. The average molecular weight is 673 g/mol. The van der Waals surface area contributed by atoms with Gasteiger partial charge in [0.1, 0.15) is 23.1 Å². The first-order valence-electron chi connectivity index (χ1n) is 16.6. The Hall–Kier alpha value is -3.32. The van der Waals surface area contributed by atoms with Crippen molar-refractivity contribution >= 4 is 40.5 Å². The largest absolute Gasteiger partial charge is 0.363 e. The Morgan fingerprint density at radius 1 is 1.02 bits per heavy atom. The van der Waals surface area contributed by atoms with Crippen LogP contribution in [-0.4, -0.2) is 75.9 Å². The van der Waals surface area contributed by atoms with Crippen LogP contribution in [0.2, 0.25) is 0 Å². The summed E-state index contributed by atoms with van der Waals surface area (Å²) in [5.41, 5.74) is 4.43. The minimum Gasteiger partial charge on any atom is -0.363 e. The molecule has 0 aromatic heterocycles. The van der Waals surface area contributed by atoms with E-state index in [1.807, 2.05) is 40.7 Å². The lowest BCUT2D eigenvalue weighted by molar-refractivity contribution is -0.145. The normalized spacial score (nSPS) is 24.3. The van der Waals surface area contributed by atoms with Gasteiger partial charge in [-0.1, -0.05) is 85.9 Å². The number of benzene rings is 1.